The molecule has 0 aliphatic rings. The number of urea groups is 1. The van der Waals surface area contributed by atoms with Crippen molar-refractivity contribution in [2.24, 2.45) is 0 Å². The number of amides is 2. The van der Waals surface area contributed by atoms with E-state index in [2.05, 4.69) is 10.6 Å². The lowest BCUT2D eigenvalue weighted by atomic mass is 10.2. The molecule has 0 atom stereocenters. The molecule has 0 saturated carbocycles. The van der Waals surface area contributed by atoms with Crippen molar-refractivity contribution < 1.29 is 14.3 Å². The van der Waals surface area contributed by atoms with Crippen LogP contribution in [0.5, 0.6) is 11.5 Å². The Morgan fingerprint density at radius 2 is 1.74 bits per heavy atom. The normalized spacial score (nSPS) is 9.57. The summed E-state index contributed by atoms with van der Waals surface area (Å²) in [7, 11) is 0. The molecule has 0 fully saturated rings. The van der Waals surface area contributed by atoms with Gasteiger partial charge < -0.3 is 20.1 Å². The second-order valence-electron chi connectivity index (χ2n) is 4.48. The zero-order chi connectivity index (χ0) is 16.5. The molecule has 23 heavy (non-hydrogen) atoms. The number of benzene rings is 2. The quantitative estimate of drug-likeness (QED) is 0.803. The lowest BCUT2D eigenvalue weighted by molar-refractivity contribution is 0.234. The van der Waals surface area contributed by atoms with Crippen LogP contribution in [0, 0.1) is 11.3 Å². The average molecular weight is 311 g/mol. The summed E-state index contributed by atoms with van der Waals surface area (Å²) < 4.78 is 10.7. The van der Waals surface area contributed by atoms with Gasteiger partial charge in [-0.3, -0.25) is 0 Å². The summed E-state index contributed by atoms with van der Waals surface area (Å²) in [6, 6.07) is 15.4. The van der Waals surface area contributed by atoms with Crippen LogP contribution in [0.4, 0.5) is 10.5 Å². The van der Waals surface area contributed by atoms with Gasteiger partial charge in [0.1, 0.15) is 17.6 Å². The van der Waals surface area contributed by atoms with E-state index in [1.54, 1.807) is 48.5 Å². The molecule has 0 unspecified atom stereocenters. The van der Waals surface area contributed by atoms with Crippen LogP contribution in [0.2, 0.25) is 0 Å². The van der Waals surface area contributed by atoms with Gasteiger partial charge in [-0.2, -0.15) is 5.26 Å². The van der Waals surface area contributed by atoms with Crippen molar-refractivity contribution >= 4 is 11.7 Å². The van der Waals surface area contributed by atoms with Crippen molar-refractivity contribution in [3.63, 3.8) is 0 Å². The molecule has 0 radical (unpaired) electrons. The molecule has 0 saturated heterocycles. The van der Waals surface area contributed by atoms with E-state index in [-0.39, 0.29) is 6.73 Å². The van der Waals surface area contributed by atoms with Gasteiger partial charge in [0.25, 0.3) is 0 Å². The molecule has 0 heterocycles. The fraction of sp³-hybridized carbons (Fsp3) is 0.176. The van der Waals surface area contributed by atoms with Gasteiger partial charge in [0, 0.05) is 0 Å². The maximum Gasteiger partial charge on any atom is 0.321 e. The molecule has 0 aliphatic carbocycles. The van der Waals surface area contributed by atoms with Crippen molar-refractivity contribution in [2.45, 2.75) is 6.92 Å². The Hall–Kier alpha value is -3.20. The maximum atomic E-state index is 11.8. The van der Waals surface area contributed by atoms with Crippen LogP contribution in [0.25, 0.3) is 0 Å². The van der Waals surface area contributed by atoms with E-state index in [9.17, 15) is 4.79 Å². The number of nitrogens with zero attached hydrogens (tertiary/aromatic N) is 1. The SMILES string of the molecule is CCOc1ccc(OCNC(=O)Nc2ccccc2C#N)cc1. The summed E-state index contributed by atoms with van der Waals surface area (Å²) in [5.74, 6) is 1.38. The molecule has 0 bridgehead atoms. The minimum absolute atomic E-state index is 0.00847. The highest BCUT2D eigenvalue weighted by atomic mass is 16.5. The van der Waals surface area contributed by atoms with E-state index in [1.165, 1.54) is 0 Å². The fourth-order valence-corrected chi connectivity index (χ4v) is 1.84. The Morgan fingerprint density at radius 1 is 1.09 bits per heavy atom. The molecular formula is C17H17N3O3. The fourth-order valence-electron chi connectivity index (χ4n) is 1.84. The maximum absolute atomic E-state index is 11.8. The standard InChI is InChI=1S/C17H17N3O3/c1-2-22-14-7-9-15(10-8-14)23-12-19-17(21)20-16-6-4-3-5-13(16)11-18/h3-10H,2,12H2,1H3,(H2,19,20,21). The summed E-state index contributed by atoms with van der Waals surface area (Å²) in [4.78, 5) is 11.8. The molecule has 0 aromatic heterocycles. The van der Waals surface area contributed by atoms with Gasteiger partial charge in [-0.25, -0.2) is 4.79 Å². The molecule has 2 aromatic carbocycles. The molecule has 6 nitrogen and oxygen atoms in total. The lowest BCUT2D eigenvalue weighted by Gasteiger charge is -2.10. The second kappa shape index (κ2) is 8.29. The monoisotopic (exact) mass is 311 g/mol. The summed E-state index contributed by atoms with van der Waals surface area (Å²) in [5, 5.41) is 14.1. The van der Waals surface area contributed by atoms with Gasteiger partial charge in [0.15, 0.2) is 6.73 Å². The van der Waals surface area contributed by atoms with E-state index in [0.29, 0.717) is 23.6 Å². The molecule has 2 aromatic rings. The number of anilines is 1. The van der Waals surface area contributed by atoms with Gasteiger partial charge in [0.05, 0.1) is 17.9 Å². The molecule has 0 aliphatic heterocycles. The summed E-state index contributed by atoms with van der Waals surface area (Å²) >= 11 is 0. The number of carbonyl (C=O) groups is 1. The summed E-state index contributed by atoms with van der Waals surface area (Å²) in [6.45, 7) is 2.53. The highest BCUT2D eigenvalue weighted by molar-refractivity contribution is 5.90. The molecule has 2 amide bonds. The molecule has 2 N–H and O–H groups in total. The van der Waals surface area contributed by atoms with Crippen molar-refractivity contribution in [3.05, 3.63) is 54.1 Å². The Bertz CT molecular complexity index is 693. The Labute approximate surface area is 134 Å². The highest BCUT2D eigenvalue weighted by Gasteiger charge is 2.05. The molecular weight excluding hydrogens is 294 g/mol. The molecule has 6 heteroatoms. The zero-order valence-electron chi connectivity index (χ0n) is 12.7. The molecule has 2 rings (SSSR count). The lowest BCUT2D eigenvalue weighted by Crippen LogP contribution is -2.32. The van der Waals surface area contributed by atoms with Crippen LogP contribution in [-0.2, 0) is 0 Å². The van der Waals surface area contributed by atoms with Crippen LogP contribution in [0.3, 0.4) is 0 Å². The number of nitriles is 1. The first kappa shape index (κ1) is 16.2. The third-order valence-electron chi connectivity index (χ3n) is 2.90. The van der Waals surface area contributed by atoms with Crippen LogP contribution >= 0.6 is 0 Å². The summed E-state index contributed by atoms with van der Waals surface area (Å²) in [6.07, 6.45) is 0. The van der Waals surface area contributed by atoms with Gasteiger partial charge in [0.2, 0.25) is 0 Å². The first-order valence-corrected chi connectivity index (χ1v) is 7.12. The first-order valence-electron chi connectivity index (χ1n) is 7.12. The number of nitrogens with one attached hydrogen (secondary N) is 2. The Kier molecular flexibility index (Phi) is 5.83. The van der Waals surface area contributed by atoms with Gasteiger partial charge in [-0.15, -0.1) is 0 Å². The predicted molar refractivity (Wildman–Crippen MR) is 86.4 cm³/mol. The topological polar surface area (TPSA) is 83.4 Å². The van der Waals surface area contributed by atoms with Crippen LogP contribution in [-0.4, -0.2) is 19.4 Å². The van der Waals surface area contributed by atoms with Crippen LogP contribution < -0.4 is 20.1 Å². The van der Waals surface area contributed by atoms with Crippen molar-refractivity contribution in [1.82, 2.24) is 5.32 Å². The number of hydrogen-bond donors (Lipinski definition) is 2. The summed E-state index contributed by atoms with van der Waals surface area (Å²) in [5.41, 5.74) is 0.851. The second-order valence-corrected chi connectivity index (χ2v) is 4.48. The minimum Gasteiger partial charge on any atom is -0.494 e. The number of hydrogen-bond acceptors (Lipinski definition) is 4. The van der Waals surface area contributed by atoms with Gasteiger partial charge in [-0.05, 0) is 43.3 Å². The van der Waals surface area contributed by atoms with Crippen LogP contribution in [0.15, 0.2) is 48.5 Å². The molecule has 118 valence electrons. The number of para-hydroxylation sites is 1. The van der Waals surface area contributed by atoms with E-state index in [4.69, 9.17) is 14.7 Å². The predicted octanol–water partition coefficient (Wildman–Crippen LogP) is 3.11. The third-order valence-corrected chi connectivity index (χ3v) is 2.90. The average Bonchev–Trinajstić information content (AvgIpc) is 2.57. The molecule has 0 spiro atoms. The highest BCUT2D eigenvalue weighted by Crippen LogP contribution is 2.17. The Balaban J connectivity index is 1.79. The first-order chi connectivity index (χ1) is 11.2. The number of ether oxygens (including phenoxy) is 2. The van der Waals surface area contributed by atoms with Crippen molar-refractivity contribution in [2.75, 3.05) is 18.7 Å². The third kappa shape index (κ3) is 4.93. The van der Waals surface area contributed by atoms with Gasteiger partial charge >= 0.3 is 6.03 Å². The van der Waals surface area contributed by atoms with Crippen LogP contribution in [0.1, 0.15) is 12.5 Å². The smallest absolute Gasteiger partial charge is 0.321 e. The van der Waals surface area contributed by atoms with Crippen molar-refractivity contribution in [1.29, 1.82) is 5.26 Å². The van der Waals surface area contributed by atoms with Crippen molar-refractivity contribution in [3.8, 4) is 17.6 Å². The van der Waals surface area contributed by atoms with Gasteiger partial charge in [-0.1, -0.05) is 12.1 Å². The number of rotatable bonds is 6. The van der Waals surface area contributed by atoms with E-state index in [0.717, 1.165) is 5.75 Å². The Morgan fingerprint density at radius 3 is 2.39 bits per heavy atom. The zero-order valence-corrected chi connectivity index (χ0v) is 12.7. The largest absolute Gasteiger partial charge is 0.494 e. The van der Waals surface area contributed by atoms with E-state index in [1.807, 2.05) is 13.0 Å². The van der Waals surface area contributed by atoms with E-state index < -0.39 is 6.03 Å². The number of carbonyl (C=O) groups excluding carboxylic acids is 1. The van der Waals surface area contributed by atoms with E-state index >= 15 is 0 Å². The minimum atomic E-state index is -0.446.